The minimum atomic E-state index is -1.13. The van der Waals surface area contributed by atoms with Crippen LogP contribution in [0.5, 0.6) is 0 Å². The summed E-state index contributed by atoms with van der Waals surface area (Å²) in [4.78, 5) is 132. The highest BCUT2D eigenvalue weighted by Crippen LogP contribution is 2.46. The van der Waals surface area contributed by atoms with Gasteiger partial charge in [-0.2, -0.15) is 0 Å². The Kier molecular flexibility index (Phi) is 27.7. The van der Waals surface area contributed by atoms with E-state index in [9.17, 15) is 38.4 Å². The van der Waals surface area contributed by atoms with E-state index in [0.717, 1.165) is 103 Å². The molecule has 0 aliphatic carbocycles. The maximum absolute atomic E-state index is 14.0. The number of aliphatic carboxylic acids is 1. The maximum Gasteiger partial charge on any atom is 0.407 e. The fraction of sp³-hybridized carbons (Fsp3) is 0.360. The fourth-order valence-electron chi connectivity index (χ4n) is 18.4. The van der Waals surface area contributed by atoms with Gasteiger partial charge < -0.3 is 94.3 Å². The average molecular weight is 1780 g/mol. The van der Waals surface area contributed by atoms with Gasteiger partial charge in [-0.25, -0.2) is 33.9 Å². The molecule has 10 heterocycles. The first-order valence-electron chi connectivity index (χ1n) is 44.3. The van der Waals surface area contributed by atoms with Crippen LogP contribution < -0.4 is 26.6 Å². The number of aromatic nitrogens is 4. The lowest BCUT2D eigenvalue weighted by Crippen LogP contribution is -2.52. The number of aliphatic imine (C=N–C) groups is 2. The number of amides is 7. The molecule has 6 fully saturated rings. The van der Waals surface area contributed by atoms with Gasteiger partial charge in [-0.05, 0) is 146 Å². The van der Waals surface area contributed by atoms with Gasteiger partial charge in [-0.3, -0.25) is 24.4 Å². The third kappa shape index (κ3) is 20.3. The number of alkyl carbamates (subject to hydrolysis) is 4. The van der Waals surface area contributed by atoms with E-state index in [1.54, 1.807) is 52.5 Å². The lowest BCUT2D eigenvalue weighted by molar-refractivity contribution is -0.153. The van der Waals surface area contributed by atoms with Crippen molar-refractivity contribution >= 4 is 92.2 Å². The number of ether oxygens (including phenoxy) is 8. The standard InChI is InChI=1S/C50H53N7O8.C40H44N6O5.C10H11NO4/c1-30(2)43(54-48(60)62-3)46(58)57-29-50(64-21-22-65-50)26-42(57)45-52-28-40(53-45)37-19-18-35-23-34(16-17-36(35)24-37)31-12-14-32(15-13-31)38-25-39(51-27-38)41-11-8-20-56(41)47(59)44(55-49(61)63-4)33-9-6-5-7-10-33;1-24(2)36(45-39(48)49-3)38(47)46-23-40(50-15-16-51-40)20-35(46)37-43-22-34(44-37)30-13-12-28-17-27(10-11-29(28)18-30)25-6-8-26(9-7-25)31-19-33(42-21-31)32-5-4-14-41-32;1-15-10(14)11-8(9(12)13)7-5-3-2-4-6-7/h5-7,9-10,12-19,23-24,27-28,30,41-44H,8,11,20-22,25-26,29H2,1-4H3,(H,52,53)(H,54,60)(H,55,61);6-13,17-18,21-22,24,32,35-36,41H,4-5,14-16,19-20,23H2,1-3H3,(H,43,44)(H,45,48);2-6,8H,1H3,(H,11,14)(H,12,13)/t41?,42-,43?,44+;32?,35-,36?;8-/m001/s1. The monoisotopic (exact) mass is 1780 g/mol. The number of nitrogens with zero attached hydrogens (tertiary/aromatic N) is 7. The van der Waals surface area contributed by atoms with Gasteiger partial charge in [0.15, 0.2) is 17.6 Å². The molecular weight excluding hydrogens is 1670 g/mol. The number of hydrogen-bond donors (Lipinski definition) is 8. The molecule has 8 N–H and O–H groups in total. The zero-order valence-electron chi connectivity index (χ0n) is 74.3. The van der Waals surface area contributed by atoms with Crippen molar-refractivity contribution in [3.8, 4) is 44.8 Å². The second kappa shape index (κ2) is 40.1. The van der Waals surface area contributed by atoms with Crippen LogP contribution in [0.1, 0.15) is 137 Å². The summed E-state index contributed by atoms with van der Waals surface area (Å²) >= 11 is 0. The van der Waals surface area contributed by atoms with Gasteiger partial charge in [-0.15, -0.1) is 0 Å². The van der Waals surface area contributed by atoms with Crippen molar-refractivity contribution in [2.45, 2.75) is 139 Å². The molecule has 6 saturated heterocycles. The predicted octanol–water partition coefficient (Wildman–Crippen LogP) is 15.0. The van der Waals surface area contributed by atoms with Crippen LogP contribution in [0.2, 0.25) is 0 Å². The number of imidazole rings is 2. The zero-order chi connectivity index (χ0) is 91.6. The lowest BCUT2D eigenvalue weighted by atomic mass is 9.95. The van der Waals surface area contributed by atoms with Crippen molar-refractivity contribution in [3.05, 3.63) is 241 Å². The summed E-state index contributed by atoms with van der Waals surface area (Å²) in [5.74, 6) is -2.75. The quantitative estimate of drug-likeness (QED) is 0.0292. The molecule has 131 heavy (non-hydrogen) atoms. The number of fused-ring (bicyclic) bond motifs is 2. The normalized spacial score (nSPS) is 19.7. The molecule has 0 radical (unpaired) electrons. The molecule has 8 aliphatic rings. The van der Waals surface area contributed by atoms with E-state index < -0.39 is 78.2 Å². The summed E-state index contributed by atoms with van der Waals surface area (Å²) in [6.45, 7) is 11.5. The molecule has 2 aromatic heterocycles. The highest BCUT2D eigenvalue weighted by atomic mass is 16.7. The Bertz CT molecular complexity index is 5990. The molecular formula is C100H108N14O17. The van der Waals surface area contributed by atoms with Crippen molar-refractivity contribution < 1.29 is 81.4 Å². The van der Waals surface area contributed by atoms with E-state index in [4.69, 9.17) is 58.2 Å². The van der Waals surface area contributed by atoms with Crippen LogP contribution in [0.15, 0.2) is 217 Å². The molecule has 2 spiro atoms. The number of nitrogens with one attached hydrogen (secondary N) is 7. The maximum atomic E-state index is 14.0. The molecule has 31 heteroatoms. The highest BCUT2D eigenvalue weighted by molar-refractivity contribution is 6.05. The summed E-state index contributed by atoms with van der Waals surface area (Å²) in [7, 11) is 5.03. The summed E-state index contributed by atoms with van der Waals surface area (Å²) in [5.41, 5.74) is 16.2. The largest absolute Gasteiger partial charge is 0.479 e. The number of rotatable bonds is 22. The molecule has 7 amide bonds. The van der Waals surface area contributed by atoms with Crippen LogP contribution in [-0.4, -0.2) is 216 Å². The molecule has 31 nitrogen and oxygen atoms in total. The van der Waals surface area contributed by atoms with E-state index >= 15 is 0 Å². The third-order valence-electron chi connectivity index (χ3n) is 25.4. The van der Waals surface area contributed by atoms with Crippen molar-refractivity contribution in [3.63, 3.8) is 0 Å². The van der Waals surface area contributed by atoms with Crippen molar-refractivity contribution in [2.24, 2.45) is 21.8 Å². The summed E-state index contributed by atoms with van der Waals surface area (Å²) in [6, 6.07) is 56.4. The second-order valence-corrected chi connectivity index (χ2v) is 34.4. The SMILES string of the molecule is COC(=O)NC(C(=O)N1CC2(C[C@H]1c1ncc(-c3ccc4cc(-c5ccc(C6=CN=C(C7CCCN7)C6)cc5)ccc4c3)[nH]1)OCCO2)C(C)C.COC(=O)NC(C(=O)N1CC2(C[C@H]1c1ncc(-c3ccc4cc(-c5ccc(C6=CN=C(C7CCCN7C(=O)[C@H](NC(=O)OC)c7ccccc7)C6)cc5)ccc4c3)[nH]1)OCCO2)C(C)C.COC(=O)N[C@@H](C(=O)O)c1ccccc1. The van der Waals surface area contributed by atoms with Crippen molar-refractivity contribution in [1.29, 1.82) is 0 Å². The highest BCUT2D eigenvalue weighted by Gasteiger charge is 2.55. The molecule has 0 saturated carbocycles. The summed E-state index contributed by atoms with van der Waals surface area (Å²) < 4.78 is 43.0. The van der Waals surface area contributed by atoms with Crippen LogP contribution in [0, 0.1) is 11.8 Å². The van der Waals surface area contributed by atoms with Gasteiger partial charge in [0.1, 0.15) is 29.8 Å². The average Bonchev–Trinajstić information content (AvgIpc) is 1.61. The number of carboxylic acids is 1. The Balaban J connectivity index is 0.000000168. The van der Waals surface area contributed by atoms with Gasteiger partial charge >= 0.3 is 30.3 Å². The Morgan fingerprint density at radius 2 is 0.824 bits per heavy atom. The summed E-state index contributed by atoms with van der Waals surface area (Å²) in [5, 5.41) is 27.2. The second-order valence-electron chi connectivity index (χ2n) is 34.4. The number of carbonyl (C=O) groups excluding carboxylic acids is 7. The number of benzene rings is 8. The predicted molar refractivity (Wildman–Crippen MR) is 493 cm³/mol. The van der Waals surface area contributed by atoms with Gasteiger partial charge in [0, 0.05) is 73.2 Å². The van der Waals surface area contributed by atoms with E-state index in [1.165, 1.54) is 63.7 Å². The minimum Gasteiger partial charge on any atom is -0.479 e. The zero-order valence-corrected chi connectivity index (χ0v) is 74.3. The third-order valence-corrected chi connectivity index (χ3v) is 25.4. The van der Waals surface area contributed by atoms with Crippen LogP contribution in [0.25, 0.3) is 77.5 Å². The number of aromatic amines is 2. The molecule has 0 bridgehead atoms. The minimum absolute atomic E-state index is 0.155. The van der Waals surface area contributed by atoms with Gasteiger partial charge in [0.25, 0.3) is 0 Å². The van der Waals surface area contributed by atoms with E-state index in [1.807, 2.05) is 75.3 Å². The Morgan fingerprint density at radius 3 is 1.24 bits per heavy atom. The van der Waals surface area contributed by atoms with Gasteiger partial charge in [0.2, 0.25) is 17.7 Å². The molecule has 8 aromatic carbocycles. The number of hydrogen-bond acceptors (Lipinski definition) is 21. The number of carboxylic acid groups (broad SMARTS) is 1. The number of allylic oxidation sites excluding steroid dienone is 2. The Labute approximate surface area is 758 Å². The molecule has 10 aromatic rings. The molecule has 8 atom stereocenters. The van der Waals surface area contributed by atoms with Crippen LogP contribution in [0.3, 0.4) is 0 Å². The first kappa shape index (κ1) is 90.6. The molecule has 8 aliphatic heterocycles. The van der Waals surface area contributed by atoms with E-state index in [-0.39, 0.29) is 48.7 Å². The number of carbonyl (C=O) groups is 8. The van der Waals surface area contributed by atoms with E-state index in [2.05, 4.69) is 163 Å². The first-order chi connectivity index (χ1) is 63.5. The smallest absolute Gasteiger partial charge is 0.407 e. The van der Waals surface area contributed by atoms with Crippen molar-refractivity contribution in [1.82, 2.24) is 61.2 Å². The molecule has 680 valence electrons. The Morgan fingerprint density at radius 1 is 0.435 bits per heavy atom. The van der Waals surface area contributed by atoms with Crippen LogP contribution in [0.4, 0.5) is 19.2 Å². The number of methoxy groups -OCH3 is 4. The summed E-state index contributed by atoms with van der Waals surface area (Å²) in [6.07, 6.45) is 11.2. The number of H-pyrrole nitrogens is 2. The fourth-order valence-corrected chi connectivity index (χ4v) is 18.4. The lowest BCUT2D eigenvalue weighted by Gasteiger charge is -2.30. The first-order valence-corrected chi connectivity index (χ1v) is 44.3. The molecule has 4 unspecified atom stereocenters. The van der Waals surface area contributed by atoms with Gasteiger partial charge in [0.05, 0.1) is 110 Å². The van der Waals surface area contributed by atoms with Gasteiger partial charge in [-0.1, -0.05) is 185 Å². The van der Waals surface area contributed by atoms with Crippen molar-refractivity contribution in [2.75, 3.05) is 81.0 Å². The molecule has 18 rings (SSSR count). The number of likely N-dealkylation sites (tertiary alicyclic amines) is 3. The Hall–Kier alpha value is -13.7. The van der Waals surface area contributed by atoms with Crippen LogP contribution >= 0.6 is 0 Å². The van der Waals surface area contributed by atoms with Crippen LogP contribution in [-0.2, 0) is 57.1 Å². The van der Waals surface area contributed by atoms with E-state index in [0.29, 0.717) is 81.1 Å². The topological polar surface area (TPSA) is 383 Å².